The van der Waals surface area contributed by atoms with Crippen molar-refractivity contribution in [2.75, 3.05) is 50.8 Å². The highest BCUT2D eigenvalue weighted by Crippen LogP contribution is 2.28. The number of carboxylic acid groups (broad SMARTS) is 1. The summed E-state index contributed by atoms with van der Waals surface area (Å²) in [6.07, 6.45) is 3.16. The summed E-state index contributed by atoms with van der Waals surface area (Å²) in [5.74, 6) is 2.68. The number of hydrogen-bond acceptors (Lipinski definition) is 6. The molecule has 3 heterocycles. The number of hydrogen-bond donors (Lipinski definition) is 2. The third-order valence-electron chi connectivity index (χ3n) is 5.64. The number of rotatable bonds is 4. The van der Waals surface area contributed by atoms with Gasteiger partial charge in [0, 0.05) is 38.4 Å². The third kappa shape index (κ3) is 4.19. The summed E-state index contributed by atoms with van der Waals surface area (Å²) in [7, 11) is 0. The molecule has 4 rings (SSSR count). The minimum atomic E-state index is -1.15. The number of piperazine rings is 2. The molecule has 10 nitrogen and oxygen atoms in total. The lowest BCUT2D eigenvalue weighted by Gasteiger charge is -2.43. The average molecular weight is 450 g/mol. The Morgan fingerprint density at radius 3 is 2.61 bits per heavy atom. The Morgan fingerprint density at radius 1 is 1.23 bits per heavy atom. The van der Waals surface area contributed by atoms with Crippen molar-refractivity contribution in [2.24, 2.45) is 0 Å². The molecule has 2 unspecified atom stereocenters. The van der Waals surface area contributed by atoms with Crippen LogP contribution in [0.4, 0.5) is 15.3 Å². The second kappa shape index (κ2) is 9.32. The van der Waals surface area contributed by atoms with E-state index in [4.69, 9.17) is 11.2 Å². The minimum Gasteiger partial charge on any atom is -0.481 e. The van der Waals surface area contributed by atoms with Gasteiger partial charge in [0.05, 0.1) is 6.54 Å². The highest BCUT2D eigenvalue weighted by atomic mass is 35.5. The van der Waals surface area contributed by atoms with E-state index in [-0.39, 0.29) is 38.0 Å². The molecule has 0 aliphatic carbocycles. The number of carbonyl (C=O) groups is 3. The maximum atomic E-state index is 13.0. The maximum absolute atomic E-state index is 13.0. The molecule has 4 amide bonds. The van der Waals surface area contributed by atoms with E-state index in [1.165, 1.54) is 9.80 Å². The molecule has 0 aromatic heterocycles. The quantitative estimate of drug-likeness (QED) is 0.509. The van der Waals surface area contributed by atoms with Gasteiger partial charge in [-0.1, -0.05) is 5.92 Å². The molecule has 3 aliphatic rings. The highest BCUT2D eigenvalue weighted by molar-refractivity contribution is 6.05. The van der Waals surface area contributed by atoms with Crippen LogP contribution in [0.1, 0.15) is 0 Å². The molecule has 3 fully saturated rings. The molecular formula is C20H24ClN5O5. The van der Waals surface area contributed by atoms with E-state index in [0.29, 0.717) is 31.9 Å². The first-order valence-corrected chi connectivity index (χ1v) is 9.76. The summed E-state index contributed by atoms with van der Waals surface area (Å²) < 4.78 is 5.38. The molecule has 31 heavy (non-hydrogen) atoms. The predicted molar refractivity (Wildman–Crippen MR) is 114 cm³/mol. The number of nitrogens with zero attached hydrogens (tertiary/aromatic N) is 4. The second-order valence-corrected chi connectivity index (χ2v) is 7.29. The number of amides is 4. The SMILES string of the molecule is C#CCOc1ccc(N2CCN(C(=O)O)C(N3C(=O)C4CNCCN4C3=O)C2)cc1.Cl. The molecule has 1 aromatic rings. The van der Waals surface area contributed by atoms with Gasteiger partial charge in [-0.2, -0.15) is 0 Å². The summed E-state index contributed by atoms with van der Waals surface area (Å²) in [5, 5.41) is 12.8. The maximum Gasteiger partial charge on any atom is 0.409 e. The molecular weight excluding hydrogens is 426 g/mol. The summed E-state index contributed by atoms with van der Waals surface area (Å²) in [6.45, 7) is 2.40. The Bertz CT molecular complexity index is 865. The van der Waals surface area contributed by atoms with E-state index in [9.17, 15) is 19.5 Å². The summed E-state index contributed by atoms with van der Waals surface area (Å²) in [6, 6.07) is 6.25. The molecule has 0 saturated carbocycles. The van der Waals surface area contributed by atoms with Crippen molar-refractivity contribution in [3.05, 3.63) is 24.3 Å². The minimum absolute atomic E-state index is 0. The highest BCUT2D eigenvalue weighted by Gasteiger charge is 2.51. The van der Waals surface area contributed by atoms with Crippen molar-refractivity contribution in [1.82, 2.24) is 20.0 Å². The molecule has 166 valence electrons. The number of fused-ring (bicyclic) bond motifs is 1. The van der Waals surface area contributed by atoms with E-state index in [1.54, 1.807) is 12.1 Å². The van der Waals surface area contributed by atoms with Crippen LogP contribution in [0, 0.1) is 12.3 Å². The second-order valence-electron chi connectivity index (χ2n) is 7.29. The van der Waals surface area contributed by atoms with Crippen molar-refractivity contribution in [1.29, 1.82) is 0 Å². The zero-order chi connectivity index (χ0) is 21.3. The number of anilines is 1. The van der Waals surface area contributed by atoms with Crippen molar-refractivity contribution < 1.29 is 24.2 Å². The van der Waals surface area contributed by atoms with Gasteiger partial charge < -0.3 is 25.0 Å². The Kier molecular flexibility index (Phi) is 6.77. The number of carbonyl (C=O) groups excluding carboxylic acids is 2. The average Bonchev–Trinajstić information content (AvgIpc) is 3.02. The van der Waals surface area contributed by atoms with Crippen molar-refractivity contribution >= 4 is 36.1 Å². The van der Waals surface area contributed by atoms with Gasteiger partial charge in [-0.3, -0.25) is 9.69 Å². The summed E-state index contributed by atoms with van der Waals surface area (Å²) >= 11 is 0. The van der Waals surface area contributed by atoms with E-state index < -0.39 is 24.3 Å². The van der Waals surface area contributed by atoms with Gasteiger partial charge in [0.15, 0.2) is 0 Å². The number of ether oxygens (including phenoxy) is 1. The summed E-state index contributed by atoms with van der Waals surface area (Å²) in [5.41, 5.74) is 0.844. The van der Waals surface area contributed by atoms with Crippen LogP contribution >= 0.6 is 12.4 Å². The Labute approximate surface area is 186 Å². The summed E-state index contributed by atoms with van der Waals surface area (Å²) in [4.78, 5) is 43.5. The van der Waals surface area contributed by atoms with E-state index in [2.05, 4.69) is 11.2 Å². The third-order valence-corrected chi connectivity index (χ3v) is 5.64. The number of urea groups is 1. The molecule has 0 spiro atoms. The van der Waals surface area contributed by atoms with E-state index in [1.807, 2.05) is 17.0 Å². The molecule has 11 heteroatoms. The van der Waals surface area contributed by atoms with Gasteiger partial charge in [-0.25, -0.2) is 14.5 Å². The Balaban J connectivity index is 0.00000272. The van der Waals surface area contributed by atoms with Crippen LogP contribution in [-0.2, 0) is 4.79 Å². The molecule has 3 saturated heterocycles. The largest absolute Gasteiger partial charge is 0.481 e. The fourth-order valence-corrected chi connectivity index (χ4v) is 4.14. The van der Waals surface area contributed by atoms with Crippen LogP contribution < -0.4 is 15.0 Å². The Morgan fingerprint density at radius 2 is 1.97 bits per heavy atom. The Hall–Kier alpha value is -3.16. The number of terminal acetylenes is 1. The first-order chi connectivity index (χ1) is 14.5. The van der Waals surface area contributed by atoms with Crippen molar-refractivity contribution in [2.45, 2.75) is 12.2 Å². The van der Waals surface area contributed by atoms with Crippen LogP contribution in [0.25, 0.3) is 0 Å². The van der Waals surface area contributed by atoms with Gasteiger partial charge in [-0.15, -0.1) is 18.8 Å². The topological polar surface area (TPSA) is 106 Å². The van der Waals surface area contributed by atoms with E-state index >= 15 is 0 Å². The van der Waals surface area contributed by atoms with Crippen LogP contribution in [-0.4, -0.2) is 95.9 Å². The predicted octanol–water partition coefficient (Wildman–Crippen LogP) is 0.483. The van der Waals surface area contributed by atoms with Crippen LogP contribution in [0.2, 0.25) is 0 Å². The lowest BCUT2D eigenvalue weighted by molar-refractivity contribution is -0.132. The van der Waals surface area contributed by atoms with Gasteiger partial charge >= 0.3 is 12.1 Å². The van der Waals surface area contributed by atoms with Crippen LogP contribution in [0.5, 0.6) is 5.75 Å². The molecule has 0 radical (unpaired) electrons. The van der Waals surface area contributed by atoms with Crippen LogP contribution in [0.15, 0.2) is 24.3 Å². The number of benzene rings is 1. The van der Waals surface area contributed by atoms with E-state index in [0.717, 1.165) is 10.6 Å². The zero-order valence-corrected chi connectivity index (χ0v) is 17.6. The molecule has 1 aromatic carbocycles. The lowest BCUT2D eigenvalue weighted by atomic mass is 10.2. The fraction of sp³-hybridized carbons (Fsp3) is 0.450. The van der Waals surface area contributed by atoms with Gasteiger partial charge in [-0.05, 0) is 24.3 Å². The lowest BCUT2D eigenvalue weighted by Crippen LogP contribution is -2.63. The van der Waals surface area contributed by atoms with Crippen molar-refractivity contribution in [3.8, 4) is 18.1 Å². The number of imide groups is 1. The monoisotopic (exact) mass is 449 g/mol. The van der Waals surface area contributed by atoms with Crippen molar-refractivity contribution in [3.63, 3.8) is 0 Å². The molecule has 2 atom stereocenters. The van der Waals surface area contributed by atoms with Gasteiger partial charge in [0.25, 0.3) is 5.91 Å². The number of nitrogens with one attached hydrogen (secondary N) is 1. The molecule has 2 N–H and O–H groups in total. The smallest absolute Gasteiger partial charge is 0.409 e. The van der Waals surface area contributed by atoms with Gasteiger partial charge in [0.2, 0.25) is 0 Å². The number of halogens is 1. The molecule has 0 bridgehead atoms. The molecule has 3 aliphatic heterocycles. The zero-order valence-electron chi connectivity index (χ0n) is 16.8. The standard InChI is InChI=1S/C20H23N5O5.ClH/c1-2-11-30-15-5-3-14(4-6-15)22-9-10-24(20(28)29)17(13-22)25-18(26)16-12-21-7-8-23(16)19(25)27;/h1,3-6,16-17,21H,7-13H2,(H,28,29);1H. The first kappa shape index (κ1) is 22.5. The van der Waals surface area contributed by atoms with Crippen LogP contribution in [0.3, 0.4) is 0 Å². The van der Waals surface area contributed by atoms with Gasteiger partial charge in [0.1, 0.15) is 24.6 Å². The first-order valence-electron chi connectivity index (χ1n) is 9.76. The fourth-order valence-electron chi connectivity index (χ4n) is 4.14. The normalized spacial score (nSPS) is 23.2.